The van der Waals surface area contributed by atoms with Gasteiger partial charge in [0.1, 0.15) is 0 Å². The molecule has 0 spiro atoms. The Morgan fingerprint density at radius 3 is 2.93 bits per heavy atom. The summed E-state index contributed by atoms with van der Waals surface area (Å²) < 4.78 is 0. The molecule has 0 unspecified atom stereocenters. The van der Waals surface area contributed by atoms with Crippen LogP contribution in [0.4, 0.5) is 11.1 Å². The third-order valence-electron chi connectivity index (χ3n) is 4.52. The van der Waals surface area contributed by atoms with Gasteiger partial charge in [0.2, 0.25) is 5.95 Å². The fraction of sp³-hybridized carbons (Fsp3) is 0.294. The van der Waals surface area contributed by atoms with Gasteiger partial charge in [0, 0.05) is 17.1 Å². The number of nitrogens with two attached hydrogens (primary N) is 1. The molecular formula is C17H17N7O3S. The van der Waals surface area contributed by atoms with Gasteiger partial charge in [0.25, 0.3) is 5.91 Å². The number of carbonyl (C=O) groups excluding carboxylic acids is 1. The predicted octanol–water partition coefficient (Wildman–Crippen LogP) is 1.62. The number of carbonyl (C=O) groups is 2. The molecule has 1 aliphatic rings. The van der Waals surface area contributed by atoms with Crippen LogP contribution in [0.1, 0.15) is 41.2 Å². The number of aliphatic carboxylic acids is 1. The fourth-order valence-corrected chi connectivity index (χ4v) is 4.13. The van der Waals surface area contributed by atoms with E-state index in [1.54, 1.807) is 11.6 Å². The first-order valence-electron chi connectivity index (χ1n) is 8.43. The average Bonchev–Trinajstić information content (AvgIpc) is 3.22. The second-order valence-electron chi connectivity index (χ2n) is 7.15. The van der Waals surface area contributed by atoms with Crippen LogP contribution in [-0.2, 0) is 23.1 Å². The Bertz CT molecular complexity index is 1100. The molecule has 11 heteroatoms. The van der Waals surface area contributed by atoms with Crippen LogP contribution in [0.5, 0.6) is 0 Å². The zero-order chi connectivity index (χ0) is 20.1. The van der Waals surface area contributed by atoms with Crippen LogP contribution in [0.2, 0.25) is 0 Å². The van der Waals surface area contributed by atoms with E-state index in [0.29, 0.717) is 28.6 Å². The highest BCUT2D eigenvalue weighted by molar-refractivity contribution is 7.14. The minimum Gasteiger partial charge on any atom is -0.481 e. The van der Waals surface area contributed by atoms with Crippen LogP contribution in [-0.4, -0.2) is 42.1 Å². The lowest BCUT2D eigenvalue weighted by molar-refractivity contribution is -0.136. The number of amides is 1. The SMILES string of the molecule is CC1(C)Cc2cnc(N)nc2-c2[nH]nc(C(=O)Nc3nc(CC(=O)O)cs3)c21. The predicted molar refractivity (Wildman–Crippen MR) is 102 cm³/mol. The summed E-state index contributed by atoms with van der Waals surface area (Å²) in [7, 11) is 0. The molecule has 0 aromatic carbocycles. The van der Waals surface area contributed by atoms with Gasteiger partial charge in [-0.1, -0.05) is 13.8 Å². The van der Waals surface area contributed by atoms with Crippen molar-refractivity contribution in [1.82, 2.24) is 25.1 Å². The molecule has 0 aliphatic heterocycles. The van der Waals surface area contributed by atoms with Crippen LogP contribution in [0.15, 0.2) is 11.6 Å². The Morgan fingerprint density at radius 1 is 1.39 bits per heavy atom. The van der Waals surface area contributed by atoms with Crippen molar-refractivity contribution in [3.63, 3.8) is 0 Å². The lowest BCUT2D eigenvalue weighted by atomic mass is 9.73. The van der Waals surface area contributed by atoms with Crippen molar-refractivity contribution in [2.75, 3.05) is 11.1 Å². The number of hydrogen-bond donors (Lipinski definition) is 4. The molecule has 1 amide bonds. The Balaban J connectivity index is 1.68. The van der Waals surface area contributed by atoms with Crippen molar-refractivity contribution in [1.29, 1.82) is 0 Å². The second kappa shape index (κ2) is 6.37. The summed E-state index contributed by atoms with van der Waals surface area (Å²) in [6.07, 6.45) is 2.13. The Morgan fingerprint density at radius 2 is 2.18 bits per heavy atom. The minimum absolute atomic E-state index is 0.152. The fourth-order valence-electron chi connectivity index (χ4n) is 3.42. The summed E-state index contributed by atoms with van der Waals surface area (Å²) in [6.45, 7) is 4.04. The number of hydrogen-bond acceptors (Lipinski definition) is 8. The number of nitrogens with zero attached hydrogens (tertiary/aromatic N) is 4. The van der Waals surface area contributed by atoms with Gasteiger partial charge in [-0.2, -0.15) is 5.10 Å². The number of H-pyrrole nitrogens is 1. The molecule has 0 saturated heterocycles. The monoisotopic (exact) mass is 399 g/mol. The number of nitrogen functional groups attached to an aromatic ring is 1. The molecule has 0 saturated carbocycles. The second-order valence-corrected chi connectivity index (χ2v) is 8.01. The Hall–Kier alpha value is -3.34. The van der Waals surface area contributed by atoms with Crippen molar-refractivity contribution >= 4 is 34.3 Å². The summed E-state index contributed by atoms with van der Waals surface area (Å²) in [4.78, 5) is 36.1. The highest BCUT2D eigenvalue weighted by Crippen LogP contribution is 2.42. The number of thiazole rings is 1. The van der Waals surface area contributed by atoms with Gasteiger partial charge < -0.3 is 10.8 Å². The smallest absolute Gasteiger partial charge is 0.309 e. The highest BCUT2D eigenvalue weighted by atomic mass is 32.1. The van der Waals surface area contributed by atoms with Crippen molar-refractivity contribution in [2.45, 2.75) is 32.1 Å². The summed E-state index contributed by atoms with van der Waals surface area (Å²) in [6, 6.07) is 0. The lowest BCUT2D eigenvalue weighted by Crippen LogP contribution is -2.29. The van der Waals surface area contributed by atoms with E-state index in [2.05, 4.69) is 30.5 Å². The van der Waals surface area contributed by atoms with Gasteiger partial charge in [0.05, 0.1) is 23.5 Å². The molecule has 5 N–H and O–H groups in total. The molecule has 0 bridgehead atoms. The van der Waals surface area contributed by atoms with E-state index in [9.17, 15) is 9.59 Å². The first kappa shape index (κ1) is 18.0. The normalized spacial score (nSPS) is 14.2. The van der Waals surface area contributed by atoms with Crippen LogP contribution >= 0.6 is 11.3 Å². The van der Waals surface area contributed by atoms with Crippen LogP contribution in [0, 0.1) is 0 Å². The van der Waals surface area contributed by atoms with Gasteiger partial charge in [-0.25, -0.2) is 15.0 Å². The third-order valence-corrected chi connectivity index (χ3v) is 5.32. The van der Waals surface area contributed by atoms with Gasteiger partial charge >= 0.3 is 5.97 Å². The Kier molecular flexibility index (Phi) is 4.11. The third kappa shape index (κ3) is 3.09. The topological polar surface area (TPSA) is 160 Å². The maximum atomic E-state index is 12.8. The molecule has 28 heavy (non-hydrogen) atoms. The number of aromatic nitrogens is 5. The van der Waals surface area contributed by atoms with Crippen molar-refractivity contribution in [2.24, 2.45) is 0 Å². The first-order valence-corrected chi connectivity index (χ1v) is 9.31. The van der Waals surface area contributed by atoms with Gasteiger partial charge in [-0.05, 0) is 17.4 Å². The molecule has 144 valence electrons. The summed E-state index contributed by atoms with van der Waals surface area (Å²) >= 11 is 1.16. The summed E-state index contributed by atoms with van der Waals surface area (Å²) in [5.74, 6) is -1.25. The molecular weight excluding hydrogens is 382 g/mol. The van der Waals surface area contributed by atoms with E-state index < -0.39 is 11.9 Å². The van der Waals surface area contributed by atoms with Crippen LogP contribution in [0.3, 0.4) is 0 Å². The summed E-state index contributed by atoms with van der Waals surface area (Å²) in [5.41, 5.74) is 8.96. The maximum absolute atomic E-state index is 12.8. The molecule has 3 aromatic rings. The highest BCUT2D eigenvalue weighted by Gasteiger charge is 2.38. The van der Waals surface area contributed by atoms with Crippen LogP contribution in [0.25, 0.3) is 11.4 Å². The molecule has 0 atom stereocenters. The number of anilines is 2. The minimum atomic E-state index is -0.980. The zero-order valence-corrected chi connectivity index (χ0v) is 15.9. The van der Waals surface area contributed by atoms with E-state index in [0.717, 1.165) is 22.5 Å². The van der Waals surface area contributed by atoms with Crippen molar-refractivity contribution in [3.8, 4) is 11.4 Å². The lowest BCUT2D eigenvalue weighted by Gasteiger charge is -2.31. The number of rotatable bonds is 4. The Labute approximate surface area is 163 Å². The largest absolute Gasteiger partial charge is 0.481 e. The molecule has 3 aromatic heterocycles. The molecule has 4 rings (SSSR count). The molecule has 0 radical (unpaired) electrons. The zero-order valence-electron chi connectivity index (χ0n) is 15.1. The average molecular weight is 399 g/mol. The van der Waals surface area contributed by atoms with Gasteiger partial charge in [0.15, 0.2) is 10.8 Å². The van der Waals surface area contributed by atoms with E-state index in [1.807, 2.05) is 13.8 Å². The van der Waals surface area contributed by atoms with Crippen molar-refractivity contribution in [3.05, 3.63) is 34.1 Å². The summed E-state index contributed by atoms with van der Waals surface area (Å²) in [5, 5.41) is 20.6. The standard InChI is InChI=1S/C17H17N7O3S/c1-17(2)4-7-5-19-15(18)21-11(7)12-10(17)13(24-23-12)14(27)22-16-20-8(6-28-16)3-9(25)26/h5-6H,3-4H2,1-2H3,(H,23,24)(H,25,26)(H2,18,19,21)(H,20,22,27). The van der Waals surface area contributed by atoms with E-state index in [4.69, 9.17) is 10.8 Å². The van der Waals surface area contributed by atoms with Crippen molar-refractivity contribution < 1.29 is 14.7 Å². The number of aromatic amines is 1. The first-order chi connectivity index (χ1) is 13.2. The van der Waals surface area contributed by atoms with Gasteiger partial charge in [-0.15, -0.1) is 11.3 Å². The van der Waals surface area contributed by atoms with Crippen LogP contribution < -0.4 is 11.1 Å². The number of carboxylic acid groups (broad SMARTS) is 1. The van der Waals surface area contributed by atoms with E-state index in [1.165, 1.54) is 0 Å². The molecule has 0 fully saturated rings. The maximum Gasteiger partial charge on any atom is 0.309 e. The number of fused-ring (bicyclic) bond motifs is 3. The molecule has 10 nitrogen and oxygen atoms in total. The number of carboxylic acids is 1. The molecule has 1 aliphatic carbocycles. The molecule has 3 heterocycles. The van der Waals surface area contributed by atoms with E-state index >= 15 is 0 Å². The number of nitrogens with one attached hydrogen (secondary N) is 2. The van der Waals surface area contributed by atoms with Gasteiger partial charge in [-0.3, -0.25) is 20.0 Å². The van der Waals surface area contributed by atoms with E-state index in [-0.39, 0.29) is 23.5 Å². The quantitative estimate of drug-likeness (QED) is 0.515.